The number of hydrogen-bond donors (Lipinski definition) is 1. The summed E-state index contributed by atoms with van der Waals surface area (Å²) in [5.41, 5.74) is 0. The molecule has 0 atom stereocenters. The lowest BCUT2D eigenvalue weighted by molar-refractivity contribution is 0.637. The van der Waals surface area contributed by atoms with E-state index in [1.54, 1.807) is 11.3 Å². The summed E-state index contributed by atoms with van der Waals surface area (Å²) in [5.74, 6) is 0. The molecule has 1 aromatic heterocycles. The molecule has 4 heteroatoms. The van der Waals surface area contributed by atoms with E-state index >= 15 is 0 Å². The van der Waals surface area contributed by atoms with Gasteiger partial charge in [-0.05, 0) is 32.4 Å². The molecule has 0 aliphatic rings. The number of aromatic nitrogens is 2. The van der Waals surface area contributed by atoms with Crippen LogP contribution in [0.4, 0.5) is 0 Å². The third-order valence-electron chi connectivity index (χ3n) is 2.42. The van der Waals surface area contributed by atoms with E-state index in [0.29, 0.717) is 0 Å². The third-order valence-corrected chi connectivity index (χ3v) is 3.47. The first kappa shape index (κ1) is 13.6. The minimum absolute atomic E-state index is 1.07. The quantitative estimate of drug-likeness (QED) is 0.676. The van der Waals surface area contributed by atoms with Crippen LogP contribution in [0.1, 0.15) is 49.5 Å². The molecule has 92 valence electrons. The maximum Gasteiger partial charge on any atom is 0.117 e. The zero-order chi connectivity index (χ0) is 11.6. The van der Waals surface area contributed by atoms with Crippen LogP contribution < -0.4 is 5.32 Å². The van der Waals surface area contributed by atoms with Crippen LogP contribution >= 0.6 is 11.3 Å². The van der Waals surface area contributed by atoms with E-state index < -0.39 is 0 Å². The lowest BCUT2D eigenvalue weighted by Gasteiger charge is -1.99. The van der Waals surface area contributed by atoms with Gasteiger partial charge in [-0.1, -0.05) is 20.3 Å². The van der Waals surface area contributed by atoms with Gasteiger partial charge in [0, 0.05) is 12.8 Å². The highest BCUT2D eigenvalue weighted by Crippen LogP contribution is 2.13. The van der Waals surface area contributed by atoms with Gasteiger partial charge in [0.1, 0.15) is 10.0 Å². The highest BCUT2D eigenvalue weighted by molar-refractivity contribution is 7.11. The number of hydrogen-bond acceptors (Lipinski definition) is 4. The minimum atomic E-state index is 1.07. The summed E-state index contributed by atoms with van der Waals surface area (Å²) in [6.45, 7) is 6.62. The Morgan fingerprint density at radius 1 is 0.938 bits per heavy atom. The largest absolute Gasteiger partial charge is 0.317 e. The molecule has 0 aliphatic carbocycles. The fraction of sp³-hybridized carbons (Fsp3) is 0.833. The van der Waals surface area contributed by atoms with E-state index in [4.69, 9.17) is 0 Å². The zero-order valence-corrected chi connectivity index (χ0v) is 11.3. The lowest BCUT2D eigenvalue weighted by atomic mass is 10.3. The maximum absolute atomic E-state index is 4.23. The molecule has 0 fully saturated rings. The van der Waals surface area contributed by atoms with Crippen molar-refractivity contribution in [3.05, 3.63) is 10.0 Å². The minimum Gasteiger partial charge on any atom is -0.317 e. The van der Waals surface area contributed by atoms with Crippen molar-refractivity contribution in [3.8, 4) is 0 Å². The molecule has 16 heavy (non-hydrogen) atoms. The molecule has 0 saturated carbocycles. The van der Waals surface area contributed by atoms with E-state index in [1.165, 1.54) is 35.7 Å². The smallest absolute Gasteiger partial charge is 0.117 e. The first-order valence-corrected chi connectivity index (χ1v) is 7.20. The summed E-state index contributed by atoms with van der Waals surface area (Å²) in [6, 6.07) is 0. The number of nitrogens with zero attached hydrogens (tertiary/aromatic N) is 2. The number of nitrogens with one attached hydrogen (secondary N) is 1. The molecule has 1 N–H and O–H groups in total. The van der Waals surface area contributed by atoms with Crippen molar-refractivity contribution in [3.63, 3.8) is 0 Å². The van der Waals surface area contributed by atoms with Gasteiger partial charge in [-0.2, -0.15) is 0 Å². The fourth-order valence-corrected chi connectivity index (χ4v) is 2.41. The van der Waals surface area contributed by atoms with Crippen LogP contribution in [0.15, 0.2) is 0 Å². The summed E-state index contributed by atoms with van der Waals surface area (Å²) in [5, 5.41) is 14.3. The van der Waals surface area contributed by atoms with Crippen molar-refractivity contribution in [2.24, 2.45) is 0 Å². The summed E-state index contributed by atoms with van der Waals surface area (Å²) in [4.78, 5) is 0. The molecule has 0 aromatic carbocycles. The fourth-order valence-electron chi connectivity index (χ4n) is 1.48. The highest BCUT2D eigenvalue weighted by Gasteiger charge is 2.03. The Morgan fingerprint density at radius 2 is 1.62 bits per heavy atom. The number of aryl methyl sites for hydroxylation is 2. The maximum atomic E-state index is 4.23. The second kappa shape index (κ2) is 8.65. The van der Waals surface area contributed by atoms with Crippen LogP contribution in [-0.4, -0.2) is 23.3 Å². The molecule has 1 aromatic rings. The molecular weight excluding hydrogens is 218 g/mol. The normalized spacial score (nSPS) is 10.9. The summed E-state index contributed by atoms with van der Waals surface area (Å²) >= 11 is 1.79. The molecule has 0 bridgehead atoms. The van der Waals surface area contributed by atoms with E-state index in [2.05, 4.69) is 29.4 Å². The number of rotatable bonds is 9. The molecule has 3 nitrogen and oxygen atoms in total. The van der Waals surface area contributed by atoms with Gasteiger partial charge < -0.3 is 5.32 Å². The van der Waals surface area contributed by atoms with E-state index in [9.17, 15) is 0 Å². The van der Waals surface area contributed by atoms with Crippen LogP contribution in [0.5, 0.6) is 0 Å². The van der Waals surface area contributed by atoms with Crippen molar-refractivity contribution in [1.29, 1.82) is 0 Å². The van der Waals surface area contributed by atoms with Gasteiger partial charge in [0.15, 0.2) is 0 Å². The lowest BCUT2D eigenvalue weighted by Crippen LogP contribution is -2.16. The van der Waals surface area contributed by atoms with Gasteiger partial charge in [0.2, 0.25) is 0 Å². The Kier molecular flexibility index (Phi) is 7.34. The first-order valence-electron chi connectivity index (χ1n) is 6.38. The second-order valence-corrected chi connectivity index (χ2v) is 5.19. The predicted octanol–water partition coefficient (Wildman–Crippen LogP) is 2.81. The standard InChI is InChI=1S/C12H23N3S/c1-3-5-7-11-14-15-12(16-11)8-6-10-13-9-4-2/h13H,3-10H2,1-2H3. The molecule has 0 radical (unpaired) electrons. The van der Waals surface area contributed by atoms with Crippen LogP contribution in [-0.2, 0) is 12.8 Å². The van der Waals surface area contributed by atoms with Crippen molar-refractivity contribution < 1.29 is 0 Å². The van der Waals surface area contributed by atoms with E-state index in [1.807, 2.05) is 0 Å². The van der Waals surface area contributed by atoms with Crippen molar-refractivity contribution >= 4 is 11.3 Å². The third kappa shape index (κ3) is 5.56. The average Bonchev–Trinajstić information content (AvgIpc) is 2.74. The molecule has 0 spiro atoms. The van der Waals surface area contributed by atoms with Crippen LogP contribution in [0.3, 0.4) is 0 Å². The monoisotopic (exact) mass is 241 g/mol. The first-order chi connectivity index (χ1) is 7.86. The Hall–Kier alpha value is -0.480. The molecule has 1 rings (SSSR count). The van der Waals surface area contributed by atoms with Crippen LogP contribution in [0.2, 0.25) is 0 Å². The van der Waals surface area contributed by atoms with Crippen molar-refractivity contribution in [2.75, 3.05) is 13.1 Å². The van der Waals surface area contributed by atoms with Gasteiger partial charge in [0.05, 0.1) is 0 Å². The Bertz CT molecular complexity index is 273. The summed E-state index contributed by atoms with van der Waals surface area (Å²) in [6.07, 6.45) is 7.01. The van der Waals surface area contributed by atoms with Gasteiger partial charge in [0.25, 0.3) is 0 Å². The molecular formula is C12H23N3S. The van der Waals surface area contributed by atoms with Crippen molar-refractivity contribution in [1.82, 2.24) is 15.5 Å². The molecule has 1 heterocycles. The SMILES string of the molecule is CCCCc1nnc(CCCNCCC)s1. The molecule has 0 aliphatic heterocycles. The van der Waals surface area contributed by atoms with Gasteiger partial charge in [-0.3, -0.25) is 0 Å². The second-order valence-electron chi connectivity index (χ2n) is 4.05. The average molecular weight is 241 g/mol. The van der Waals surface area contributed by atoms with Crippen LogP contribution in [0.25, 0.3) is 0 Å². The topological polar surface area (TPSA) is 37.8 Å². The van der Waals surface area contributed by atoms with Crippen molar-refractivity contribution in [2.45, 2.75) is 52.4 Å². The van der Waals surface area contributed by atoms with Gasteiger partial charge >= 0.3 is 0 Å². The Balaban J connectivity index is 2.14. The number of unbranched alkanes of at least 4 members (excludes halogenated alkanes) is 1. The molecule has 0 saturated heterocycles. The molecule has 0 amide bonds. The van der Waals surface area contributed by atoms with Gasteiger partial charge in [-0.25, -0.2) is 0 Å². The van der Waals surface area contributed by atoms with E-state index in [-0.39, 0.29) is 0 Å². The van der Waals surface area contributed by atoms with E-state index in [0.717, 1.165) is 25.9 Å². The summed E-state index contributed by atoms with van der Waals surface area (Å²) < 4.78 is 0. The van der Waals surface area contributed by atoms with Crippen LogP contribution in [0, 0.1) is 0 Å². The summed E-state index contributed by atoms with van der Waals surface area (Å²) in [7, 11) is 0. The Morgan fingerprint density at radius 3 is 2.25 bits per heavy atom. The zero-order valence-electron chi connectivity index (χ0n) is 10.5. The highest BCUT2D eigenvalue weighted by atomic mass is 32.1. The predicted molar refractivity (Wildman–Crippen MR) is 70.0 cm³/mol. The molecule has 0 unspecified atom stereocenters. The Labute approximate surface area is 103 Å². The van der Waals surface area contributed by atoms with Gasteiger partial charge in [-0.15, -0.1) is 21.5 Å².